The second-order valence-corrected chi connectivity index (χ2v) is 10.5. The fourth-order valence-electron chi connectivity index (χ4n) is 5.08. The molecule has 25 heavy (non-hydrogen) atoms. The quantitative estimate of drug-likeness (QED) is 0.835. The highest BCUT2D eigenvalue weighted by molar-refractivity contribution is 7.73. The van der Waals surface area contributed by atoms with Crippen molar-refractivity contribution in [3.05, 3.63) is 60.7 Å². The van der Waals surface area contributed by atoms with E-state index in [0.29, 0.717) is 11.8 Å². The van der Waals surface area contributed by atoms with Gasteiger partial charge in [-0.15, -0.1) is 0 Å². The summed E-state index contributed by atoms with van der Waals surface area (Å²) >= 11 is 0. The predicted molar refractivity (Wildman–Crippen MR) is 104 cm³/mol. The third-order valence-corrected chi connectivity index (χ3v) is 9.51. The van der Waals surface area contributed by atoms with Gasteiger partial charge in [-0.1, -0.05) is 74.5 Å². The zero-order chi connectivity index (χ0) is 17.6. The highest BCUT2D eigenvalue weighted by Crippen LogP contribution is 2.66. The number of benzene rings is 2. The SMILES string of the molecule is CC1(C)[C@H]2C[C@H](P(c3ccccc3)c3ccccc3)[C@@H](C(=O)O)[C@@H]1C2. The highest BCUT2D eigenvalue weighted by atomic mass is 31.1. The van der Waals surface area contributed by atoms with Gasteiger partial charge >= 0.3 is 5.97 Å². The molecule has 5 rings (SSSR count). The van der Waals surface area contributed by atoms with E-state index in [0.717, 1.165) is 12.8 Å². The molecule has 0 spiro atoms. The molecule has 0 heterocycles. The maximum atomic E-state index is 12.3. The normalized spacial score (nSPS) is 29.9. The first kappa shape index (κ1) is 16.8. The predicted octanol–water partition coefficient (Wildman–Crippen LogP) is 4.25. The van der Waals surface area contributed by atoms with Gasteiger partial charge in [0.2, 0.25) is 0 Å². The van der Waals surface area contributed by atoms with Gasteiger partial charge in [-0.05, 0) is 48.6 Å². The average Bonchev–Trinajstić information content (AvgIpc) is 2.63. The molecule has 3 fully saturated rings. The standard InChI is InChI=1S/C22H25O2P/c1-22(2)15-13-18(22)20(21(23)24)19(14-15)25(16-9-5-3-6-10-16)17-11-7-4-8-12-17/h3-12,15,18-20H,13-14H2,1-2H3,(H,23,24)/t15-,18+,19+,20+/m1/s1. The molecule has 3 aliphatic carbocycles. The van der Waals surface area contributed by atoms with E-state index in [9.17, 15) is 9.90 Å². The van der Waals surface area contributed by atoms with Crippen LogP contribution in [-0.4, -0.2) is 16.7 Å². The van der Waals surface area contributed by atoms with E-state index < -0.39 is 13.9 Å². The number of hydrogen-bond acceptors (Lipinski definition) is 1. The van der Waals surface area contributed by atoms with Gasteiger partial charge in [0.15, 0.2) is 0 Å². The van der Waals surface area contributed by atoms with Gasteiger partial charge in [-0.2, -0.15) is 0 Å². The van der Waals surface area contributed by atoms with E-state index in [-0.39, 0.29) is 17.0 Å². The molecule has 0 radical (unpaired) electrons. The molecule has 3 aliphatic rings. The van der Waals surface area contributed by atoms with Crippen molar-refractivity contribution in [1.29, 1.82) is 0 Å². The van der Waals surface area contributed by atoms with Crippen LogP contribution in [0.1, 0.15) is 26.7 Å². The largest absolute Gasteiger partial charge is 0.481 e. The second kappa shape index (κ2) is 6.25. The van der Waals surface area contributed by atoms with Crippen LogP contribution in [0.4, 0.5) is 0 Å². The Kier molecular flexibility index (Phi) is 4.20. The molecule has 0 amide bonds. The van der Waals surface area contributed by atoms with Gasteiger partial charge in [0.25, 0.3) is 0 Å². The Balaban J connectivity index is 1.78. The van der Waals surface area contributed by atoms with Crippen LogP contribution in [0, 0.1) is 23.2 Å². The minimum Gasteiger partial charge on any atom is -0.481 e. The van der Waals surface area contributed by atoms with Crippen molar-refractivity contribution in [2.24, 2.45) is 23.2 Å². The second-order valence-electron chi connectivity index (χ2n) is 8.07. The van der Waals surface area contributed by atoms with Crippen molar-refractivity contribution in [3.8, 4) is 0 Å². The van der Waals surface area contributed by atoms with E-state index in [1.54, 1.807) is 0 Å². The molecular formula is C22H25O2P. The lowest BCUT2D eigenvalue weighted by molar-refractivity contribution is -0.163. The molecule has 1 N–H and O–H groups in total. The van der Waals surface area contributed by atoms with Crippen molar-refractivity contribution in [3.63, 3.8) is 0 Å². The van der Waals surface area contributed by atoms with Crippen LogP contribution < -0.4 is 10.6 Å². The third-order valence-electron chi connectivity index (χ3n) is 6.61. The number of fused-ring (bicyclic) bond motifs is 2. The molecule has 3 heteroatoms. The highest BCUT2D eigenvalue weighted by Gasteiger charge is 2.61. The summed E-state index contributed by atoms with van der Waals surface area (Å²) in [6.07, 6.45) is 2.13. The Labute approximate surface area is 151 Å². The first-order valence-corrected chi connectivity index (χ1v) is 10.5. The number of carboxylic acids is 1. The van der Waals surface area contributed by atoms with Gasteiger partial charge in [0, 0.05) is 5.66 Å². The maximum absolute atomic E-state index is 12.3. The lowest BCUT2D eigenvalue weighted by atomic mass is 9.45. The Morgan fingerprint density at radius 3 is 1.92 bits per heavy atom. The van der Waals surface area contributed by atoms with E-state index in [1.165, 1.54) is 10.6 Å². The fraction of sp³-hybridized carbons (Fsp3) is 0.409. The Hall–Kier alpha value is -1.66. The number of rotatable bonds is 4. The van der Waals surface area contributed by atoms with Crippen molar-refractivity contribution in [2.75, 3.05) is 0 Å². The van der Waals surface area contributed by atoms with Crippen molar-refractivity contribution in [2.45, 2.75) is 32.3 Å². The van der Waals surface area contributed by atoms with Crippen LogP contribution >= 0.6 is 7.92 Å². The lowest BCUT2D eigenvalue weighted by Gasteiger charge is -2.62. The number of carbonyl (C=O) groups is 1. The molecule has 130 valence electrons. The van der Waals surface area contributed by atoms with Crippen molar-refractivity contribution >= 4 is 24.5 Å². The van der Waals surface area contributed by atoms with Gasteiger partial charge in [-0.3, -0.25) is 4.79 Å². The zero-order valence-electron chi connectivity index (χ0n) is 14.8. The molecule has 0 unspecified atom stereocenters. The van der Waals surface area contributed by atoms with E-state index >= 15 is 0 Å². The smallest absolute Gasteiger partial charge is 0.307 e. The summed E-state index contributed by atoms with van der Waals surface area (Å²) in [7, 11) is -0.659. The molecule has 0 aliphatic heterocycles. The monoisotopic (exact) mass is 352 g/mol. The number of hydrogen-bond donors (Lipinski definition) is 1. The van der Waals surface area contributed by atoms with Crippen molar-refractivity contribution < 1.29 is 9.90 Å². The molecular weight excluding hydrogens is 327 g/mol. The summed E-state index contributed by atoms with van der Waals surface area (Å²) in [5.41, 5.74) is 0.405. The molecule has 2 aromatic carbocycles. The lowest BCUT2D eigenvalue weighted by Crippen LogP contribution is -2.59. The maximum Gasteiger partial charge on any atom is 0.307 e. The van der Waals surface area contributed by atoms with E-state index in [4.69, 9.17) is 0 Å². The topological polar surface area (TPSA) is 37.3 Å². The van der Waals surface area contributed by atoms with Crippen LogP contribution in [0.25, 0.3) is 0 Å². The summed E-state index contributed by atoms with van der Waals surface area (Å²) in [6.45, 7) is 4.54. The Morgan fingerprint density at radius 2 is 1.48 bits per heavy atom. The van der Waals surface area contributed by atoms with Gasteiger partial charge in [0.1, 0.15) is 0 Å². The molecule has 2 bridgehead atoms. The summed E-state index contributed by atoms with van der Waals surface area (Å²) in [6, 6.07) is 21.1. The number of carboxylic acid groups (broad SMARTS) is 1. The fourth-order valence-corrected chi connectivity index (χ4v) is 8.26. The van der Waals surface area contributed by atoms with Crippen LogP contribution in [0.3, 0.4) is 0 Å². The average molecular weight is 352 g/mol. The summed E-state index contributed by atoms with van der Waals surface area (Å²) in [5, 5.41) is 12.7. The van der Waals surface area contributed by atoms with Gasteiger partial charge < -0.3 is 5.11 Å². The zero-order valence-corrected chi connectivity index (χ0v) is 15.7. The Bertz CT molecular complexity index is 717. The number of aliphatic carboxylic acids is 1. The van der Waals surface area contributed by atoms with E-state index in [2.05, 4.69) is 62.4 Å². The Morgan fingerprint density at radius 1 is 0.960 bits per heavy atom. The molecule has 0 aromatic heterocycles. The third kappa shape index (κ3) is 2.72. The summed E-state index contributed by atoms with van der Waals surface area (Å²) in [5.74, 6) is 0.147. The molecule has 4 atom stereocenters. The van der Waals surface area contributed by atoms with Crippen LogP contribution in [0.5, 0.6) is 0 Å². The molecule has 2 aromatic rings. The van der Waals surface area contributed by atoms with E-state index in [1.807, 2.05) is 12.1 Å². The minimum absolute atomic E-state index is 0.175. The summed E-state index contributed by atoms with van der Waals surface area (Å²) < 4.78 is 0. The molecule has 2 nitrogen and oxygen atoms in total. The summed E-state index contributed by atoms with van der Waals surface area (Å²) in [4.78, 5) is 12.3. The van der Waals surface area contributed by atoms with Gasteiger partial charge in [0.05, 0.1) is 5.92 Å². The first-order valence-electron chi connectivity index (χ1n) is 9.12. The van der Waals surface area contributed by atoms with Crippen LogP contribution in [0.15, 0.2) is 60.7 Å². The van der Waals surface area contributed by atoms with Crippen molar-refractivity contribution in [1.82, 2.24) is 0 Å². The molecule has 0 saturated heterocycles. The minimum atomic E-state index is -0.659. The van der Waals surface area contributed by atoms with Crippen LogP contribution in [0.2, 0.25) is 0 Å². The van der Waals surface area contributed by atoms with Gasteiger partial charge in [-0.25, -0.2) is 0 Å². The molecule has 3 saturated carbocycles. The first-order chi connectivity index (χ1) is 12.0. The van der Waals surface area contributed by atoms with Crippen LogP contribution in [-0.2, 0) is 4.79 Å².